The number of rotatable bonds is 11. The van der Waals surface area contributed by atoms with E-state index in [2.05, 4.69) is 95.2 Å². The molecule has 0 fully saturated rings. The Kier molecular flexibility index (Phi) is 10.3. The van der Waals surface area contributed by atoms with Gasteiger partial charge < -0.3 is 8.69 Å². The van der Waals surface area contributed by atoms with Gasteiger partial charge in [-0.3, -0.25) is 0 Å². The summed E-state index contributed by atoms with van der Waals surface area (Å²) in [6.07, 6.45) is 0. The van der Waals surface area contributed by atoms with Gasteiger partial charge in [-0.1, -0.05) is 95.2 Å². The van der Waals surface area contributed by atoms with Crippen LogP contribution in [0.25, 0.3) is 0 Å². The molecule has 0 aliphatic carbocycles. The highest BCUT2D eigenvalue weighted by atomic mass is 28.4. The Labute approximate surface area is 195 Å². The smallest absolute Gasteiger partial charge is 0.449 e. The maximum absolute atomic E-state index is 9.52. The van der Waals surface area contributed by atoms with E-state index in [1.165, 1.54) is 0 Å². The van der Waals surface area contributed by atoms with Gasteiger partial charge in [0.1, 0.15) is 0 Å². The average molecular weight is 460 g/mol. The molecule has 0 saturated carbocycles. The van der Waals surface area contributed by atoms with Crippen LogP contribution >= 0.6 is 0 Å². The minimum Gasteiger partial charge on any atom is -0.449 e. The lowest BCUT2D eigenvalue weighted by Gasteiger charge is -2.48. The highest BCUT2D eigenvalue weighted by Crippen LogP contribution is 2.46. The van der Waals surface area contributed by atoms with Crippen molar-refractivity contribution in [3.63, 3.8) is 0 Å². The maximum Gasteiger partial charge on any atom is 0.472 e. The number of nitriles is 1. The van der Waals surface area contributed by atoms with Crippen LogP contribution in [0.5, 0.6) is 0 Å². The Bertz CT molecular complexity index is 664. The van der Waals surface area contributed by atoms with Crippen molar-refractivity contribution in [3.05, 3.63) is 29.8 Å². The third kappa shape index (κ3) is 5.74. The van der Waals surface area contributed by atoms with E-state index in [9.17, 15) is 5.26 Å². The van der Waals surface area contributed by atoms with Crippen LogP contribution in [0, 0.1) is 11.3 Å². The second kappa shape index (κ2) is 11.3. The highest BCUT2D eigenvalue weighted by molar-refractivity contribution is 6.90. The van der Waals surface area contributed by atoms with E-state index in [1.54, 1.807) is 0 Å². The molecular weight excluding hydrogens is 413 g/mol. The third-order valence-electron chi connectivity index (χ3n) is 7.32. The Morgan fingerprint density at radius 1 is 0.677 bits per heavy atom. The van der Waals surface area contributed by atoms with Crippen molar-refractivity contribution in [2.75, 3.05) is 0 Å². The first kappa shape index (κ1) is 28.2. The molecule has 3 nitrogen and oxygen atoms in total. The Morgan fingerprint density at radius 2 is 1.03 bits per heavy atom. The van der Waals surface area contributed by atoms with Crippen molar-refractivity contribution in [2.45, 2.75) is 116 Å². The fourth-order valence-corrected chi connectivity index (χ4v) is 16.9. The normalized spacial score (nSPS) is 13.2. The molecule has 0 saturated heterocycles. The van der Waals surface area contributed by atoms with Gasteiger partial charge in [-0.15, -0.1) is 0 Å². The van der Waals surface area contributed by atoms with Gasteiger partial charge in [0.15, 0.2) is 16.6 Å². The third-order valence-corrected chi connectivity index (χ3v) is 19.4. The van der Waals surface area contributed by atoms with Crippen LogP contribution in [-0.2, 0) is 8.69 Å². The van der Waals surface area contributed by atoms with E-state index < -0.39 is 23.8 Å². The molecule has 0 atom stereocenters. The molecule has 0 unspecified atom stereocenters. The standard InChI is InChI=1S/C25H46BNO2Si2/c1-18(2)30(19(3)4,20(5)6)28-26(25-15-13-14-24(16-25)17-27)29-31(21(7)8,22(9)10)23(11)12/h13-16,18-23H,1-12H3. The van der Waals surface area contributed by atoms with E-state index >= 15 is 0 Å². The second-order valence-electron chi connectivity index (χ2n) is 10.9. The van der Waals surface area contributed by atoms with Gasteiger partial charge in [0.2, 0.25) is 0 Å². The van der Waals surface area contributed by atoms with Crippen molar-refractivity contribution in [1.29, 1.82) is 5.26 Å². The van der Waals surface area contributed by atoms with Gasteiger partial charge >= 0.3 is 7.12 Å². The largest absolute Gasteiger partial charge is 0.472 e. The number of benzene rings is 1. The minimum atomic E-state index is -2.19. The second-order valence-corrected chi connectivity index (χ2v) is 21.8. The summed E-state index contributed by atoms with van der Waals surface area (Å²) in [5.74, 6) is 0. The molecule has 1 aromatic rings. The van der Waals surface area contributed by atoms with Gasteiger partial charge in [0.05, 0.1) is 11.6 Å². The molecule has 0 heterocycles. The Balaban J connectivity index is 3.71. The van der Waals surface area contributed by atoms with Crippen LogP contribution in [-0.4, -0.2) is 23.8 Å². The predicted octanol–water partition coefficient (Wildman–Crippen LogP) is 7.64. The van der Waals surface area contributed by atoms with Crippen LogP contribution in [0.15, 0.2) is 24.3 Å². The molecule has 174 valence electrons. The number of nitrogens with zero attached hydrogens (tertiary/aromatic N) is 1. The highest BCUT2D eigenvalue weighted by Gasteiger charge is 2.52. The van der Waals surface area contributed by atoms with Crippen molar-refractivity contribution < 1.29 is 8.69 Å². The molecule has 0 N–H and O–H groups in total. The molecule has 1 aromatic carbocycles. The SMILES string of the molecule is CC(C)[Si](OB(O[Si](C(C)C)(C(C)C)C(C)C)c1cccc(C#N)c1)(C(C)C)C(C)C. The van der Waals surface area contributed by atoms with E-state index in [-0.39, 0.29) is 0 Å². The molecule has 0 radical (unpaired) electrons. The summed E-state index contributed by atoms with van der Waals surface area (Å²) < 4.78 is 14.5. The van der Waals surface area contributed by atoms with Crippen molar-refractivity contribution in [1.82, 2.24) is 0 Å². The zero-order chi connectivity index (χ0) is 24.1. The summed E-state index contributed by atoms with van der Waals surface area (Å²) in [5.41, 5.74) is 4.43. The van der Waals surface area contributed by atoms with Crippen LogP contribution < -0.4 is 5.46 Å². The monoisotopic (exact) mass is 459 g/mol. The van der Waals surface area contributed by atoms with E-state index in [0.717, 1.165) is 5.46 Å². The van der Waals surface area contributed by atoms with Crippen LogP contribution in [0.3, 0.4) is 0 Å². The predicted molar refractivity (Wildman–Crippen MR) is 141 cm³/mol. The Morgan fingerprint density at radius 3 is 1.32 bits per heavy atom. The van der Waals surface area contributed by atoms with E-state index in [0.29, 0.717) is 38.8 Å². The van der Waals surface area contributed by atoms with E-state index in [4.69, 9.17) is 8.69 Å². The lowest BCUT2D eigenvalue weighted by atomic mass is 9.79. The molecule has 0 bridgehead atoms. The topological polar surface area (TPSA) is 42.2 Å². The maximum atomic E-state index is 9.52. The lowest BCUT2D eigenvalue weighted by molar-refractivity contribution is 0.378. The summed E-state index contributed by atoms with van der Waals surface area (Å²) in [6.45, 7) is 27.8. The number of hydrogen-bond acceptors (Lipinski definition) is 3. The molecule has 1 rings (SSSR count). The summed E-state index contributed by atoms with van der Waals surface area (Å²) in [4.78, 5) is 0. The zero-order valence-electron chi connectivity index (χ0n) is 22.1. The Hall–Kier alpha value is -0.871. The fourth-order valence-electron chi connectivity index (χ4n) is 6.10. The van der Waals surface area contributed by atoms with Crippen LogP contribution in [0.1, 0.15) is 88.6 Å². The molecule has 0 aromatic heterocycles. The van der Waals surface area contributed by atoms with Crippen LogP contribution in [0.2, 0.25) is 33.2 Å². The minimum absolute atomic E-state index is 0.425. The first-order valence-electron chi connectivity index (χ1n) is 12.1. The first-order chi connectivity index (χ1) is 14.3. The van der Waals surface area contributed by atoms with Crippen molar-refractivity contribution in [2.24, 2.45) is 0 Å². The molecule has 0 aliphatic heterocycles. The molecule has 0 spiro atoms. The van der Waals surface area contributed by atoms with Gasteiger partial charge in [-0.2, -0.15) is 5.26 Å². The first-order valence-corrected chi connectivity index (χ1v) is 16.4. The van der Waals surface area contributed by atoms with Gasteiger partial charge in [-0.25, -0.2) is 0 Å². The number of hydrogen-bond donors (Lipinski definition) is 0. The lowest BCUT2D eigenvalue weighted by Crippen LogP contribution is -2.61. The summed E-state index contributed by atoms with van der Waals surface area (Å²) >= 11 is 0. The summed E-state index contributed by atoms with van der Waals surface area (Å²) in [6, 6.07) is 10.2. The van der Waals surface area contributed by atoms with Crippen molar-refractivity contribution in [3.8, 4) is 6.07 Å². The van der Waals surface area contributed by atoms with Gasteiger partial charge in [-0.05, 0) is 50.8 Å². The molecular formula is C25H46BNO2Si2. The molecule has 6 heteroatoms. The molecule has 0 amide bonds. The van der Waals surface area contributed by atoms with Crippen molar-refractivity contribution >= 4 is 29.2 Å². The quantitative estimate of drug-likeness (QED) is 0.319. The molecule has 31 heavy (non-hydrogen) atoms. The van der Waals surface area contributed by atoms with Gasteiger partial charge in [0, 0.05) is 0 Å². The summed E-state index contributed by atoms with van der Waals surface area (Å²) in [7, 11) is -4.81. The molecule has 0 aliphatic rings. The fraction of sp³-hybridized carbons (Fsp3) is 0.720. The average Bonchev–Trinajstić information content (AvgIpc) is 2.66. The van der Waals surface area contributed by atoms with E-state index in [1.807, 2.05) is 18.2 Å². The van der Waals surface area contributed by atoms with Gasteiger partial charge in [0.25, 0.3) is 0 Å². The summed E-state index contributed by atoms with van der Waals surface area (Å²) in [5, 5.41) is 9.52. The van der Waals surface area contributed by atoms with Crippen LogP contribution in [0.4, 0.5) is 0 Å². The zero-order valence-corrected chi connectivity index (χ0v) is 24.1.